The number of hydrogen-bond donors (Lipinski definition) is 1. The van der Waals surface area contributed by atoms with Crippen LogP contribution in [0.15, 0.2) is 66.0 Å². The molecule has 1 unspecified atom stereocenters. The van der Waals surface area contributed by atoms with Gasteiger partial charge in [0.2, 0.25) is 0 Å². The lowest BCUT2D eigenvalue weighted by Crippen LogP contribution is -2.00. The molecule has 5 heteroatoms. The van der Waals surface area contributed by atoms with E-state index in [4.69, 9.17) is 4.74 Å². The van der Waals surface area contributed by atoms with Crippen molar-refractivity contribution in [3.63, 3.8) is 0 Å². The highest BCUT2D eigenvalue weighted by Gasteiger charge is 2.08. The third kappa shape index (κ3) is 5.09. The Morgan fingerprint density at radius 3 is 2.50 bits per heavy atom. The molecule has 0 spiro atoms. The predicted molar refractivity (Wildman–Crippen MR) is 100 cm³/mol. The molecule has 0 bridgehead atoms. The third-order valence-corrected chi connectivity index (χ3v) is 5.34. The van der Waals surface area contributed by atoms with Crippen molar-refractivity contribution in [2.24, 2.45) is 0 Å². The first kappa shape index (κ1) is 17.0. The van der Waals surface area contributed by atoms with Crippen LogP contribution in [0.5, 0.6) is 5.75 Å². The minimum atomic E-state index is -0.435. The lowest BCUT2D eigenvalue weighted by molar-refractivity contribution is 0.204. The molecule has 0 aliphatic rings. The highest BCUT2D eigenvalue weighted by molar-refractivity contribution is 7.98. The van der Waals surface area contributed by atoms with Crippen molar-refractivity contribution >= 4 is 23.1 Å². The Kier molecular flexibility index (Phi) is 6.29. The summed E-state index contributed by atoms with van der Waals surface area (Å²) in [5, 5.41) is 13.2. The number of ether oxygens (including phenoxy) is 1. The van der Waals surface area contributed by atoms with Crippen molar-refractivity contribution in [1.29, 1.82) is 0 Å². The Labute approximate surface area is 150 Å². The summed E-state index contributed by atoms with van der Waals surface area (Å²) < 4.78 is 5.71. The second kappa shape index (κ2) is 8.87. The van der Waals surface area contributed by atoms with Gasteiger partial charge in [-0.15, -0.1) is 11.3 Å². The fourth-order valence-corrected chi connectivity index (χ4v) is 3.89. The first-order valence-electron chi connectivity index (χ1n) is 7.73. The maximum absolute atomic E-state index is 10.2. The van der Waals surface area contributed by atoms with Crippen LogP contribution in [0.1, 0.15) is 22.4 Å². The summed E-state index contributed by atoms with van der Waals surface area (Å²) in [6.45, 7) is 0.492. The molecule has 0 saturated heterocycles. The summed E-state index contributed by atoms with van der Waals surface area (Å²) >= 11 is 3.30. The Balaban J connectivity index is 1.43. The van der Waals surface area contributed by atoms with E-state index in [0.717, 1.165) is 27.8 Å². The zero-order valence-corrected chi connectivity index (χ0v) is 14.8. The van der Waals surface area contributed by atoms with E-state index in [1.165, 1.54) is 0 Å². The molecule has 124 valence electrons. The van der Waals surface area contributed by atoms with Gasteiger partial charge in [-0.3, -0.25) is 0 Å². The van der Waals surface area contributed by atoms with Gasteiger partial charge in [-0.05, 0) is 17.7 Å². The third-order valence-electron chi connectivity index (χ3n) is 3.41. The number of thioether (sulfide) groups is 1. The van der Waals surface area contributed by atoms with Gasteiger partial charge in [0.05, 0.1) is 11.8 Å². The van der Waals surface area contributed by atoms with E-state index in [1.807, 2.05) is 60.7 Å². The SMILES string of the molecule is OC(CSCc1csc(COc2ccccc2)n1)c1ccccc1. The average Bonchev–Trinajstić information content (AvgIpc) is 3.09. The van der Waals surface area contributed by atoms with E-state index >= 15 is 0 Å². The normalized spacial score (nSPS) is 12.0. The lowest BCUT2D eigenvalue weighted by atomic mass is 10.1. The molecule has 1 aromatic heterocycles. The molecule has 2 aromatic carbocycles. The van der Waals surface area contributed by atoms with Crippen molar-refractivity contribution in [3.05, 3.63) is 82.3 Å². The number of nitrogens with zero attached hydrogens (tertiary/aromatic N) is 1. The van der Waals surface area contributed by atoms with Crippen LogP contribution in [0.4, 0.5) is 0 Å². The molecule has 0 amide bonds. The Morgan fingerprint density at radius 2 is 1.75 bits per heavy atom. The summed E-state index contributed by atoms with van der Waals surface area (Å²) in [6.07, 6.45) is -0.435. The summed E-state index contributed by atoms with van der Waals surface area (Å²) in [5.41, 5.74) is 2.00. The van der Waals surface area contributed by atoms with E-state index in [9.17, 15) is 5.11 Å². The largest absolute Gasteiger partial charge is 0.486 e. The molecule has 24 heavy (non-hydrogen) atoms. The lowest BCUT2D eigenvalue weighted by Gasteiger charge is -2.09. The van der Waals surface area contributed by atoms with Crippen LogP contribution in [0.2, 0.25) is 0 Å². The van der Waals surface area contributed by atoms with Crippen LogP contribution in [0.25, 0.3) is 0 Å². The monoisotopic (exact) mass is 357 g/mol. The maximum Gasteiger partial charge on any atom is 0.140 e. The summed E-state index contributed by atoms with van der Waals surface area (Å²) in [6, 6.07) is 19.5. The zero-order valence-electron chi connectivity index (χ0n) is 13.2. The van der Waals surface area contributed by atoms with Crippen LogP contribution in [-0.4, -0.2) is 15.8 Å². The van der Waals surface area contributed by atoms with E-state index < -0.39 is 6.10 Å². The number of benzene rings is 2. The standard InChI is InChI=1S/C19H19NO2S2/c21-18(15-7-3-1-4-8-15)14-23-12-16-13-24-19(20-16)11-22-17-9-5-2-6-10-17/h1-10,13,18,21H,11-12,14H2. The van der Waals surface area contributed by atoms with Crippen molar-refractivity contribution in [2.45, 2.75) is 18.5 Å². The van der Waals surface area contributed by atoms with Gasteiger partial charge in [-0.1, -0.05) is 48.5 Å². The summed E-state index contributed by atoms with van der Waals surface area (Å²) in [7, 11) is 0. The van der Waals surface area contributed by atoms with Gasteiger partial charge in [0.1, 0.15) is 17.4 Å². The molecule has 3 rings (SSSR count). The molecule has 1 heterocycles. The topological polar surface area (TPSA) is 42.4 Å². The van der Waals surface area contributed by atoms with Gasteiger partial charge in [0.15, 0.2) is 0 Å². The molecule has 0 aliphatic carbocycles. The van der Waals surface area contributed by atoms with E-state index in [2.05, 4.69) is 10.4 Å². The second-order valence-electron chi connectivity index (χ2n) is 5.28. The fourth-order valence-electron chi connectivity index (χ4n) is 2.19. The molecule has 3 aromatic rings. The Morgan fingerprint density at radius 1 is 1.04 bits per heavy atom. The quantitative estimate of drug-likeness (QED) is 0.635. The highest BCUT2D eigenvalue weighted by atomic mass is 32.2. The molecule has 0 saturated carbocycles. The van der Waals surface area contributed by atoms with Gasteiger partial charge >= 0.3 is 0 Å². The van der Waals surface area contributed by atoms with Gasteiger partial charge in [-0.25, -0.2) is 4.98 Å². The van der Waals surface area contributed by atoms with Crippen LogP contribution in [-0.2, 0) is 12.4 Å². The molecule has 0 aliphatic heterocycles. The van der Waals surface area contributed by atoms with Crippen LogP contribution in [0.3, 0.4) is 0 Å². The number of aliphatic hydroxyl groups excluding tert-OH is 1. The molecule has 0 fully saturated rings. The smallest absolute Gasteiger partial charge is 0.140 e. The maximum atomic E-state index is 10.2. The molecular formula is C19H19NO2S2. The summed E-state index contributed by atoms with van der Waals surface area (Å²) in [5.74, 6) is 2.32. The molecule has 0 radical (unpaired) electrons. The fraction of sp³-hybridized carbons (Fsp3) is 0.211. The van der Waals surface area contributed by atoms with Gasteiger partial charge < -0.3 is 9.84 Å². The molecule has 1 atom stereocenters. The number of rotatable bonds is 8. The van der Waals surface area contributed by atoms with Crippen LogP contribution in [0, 0.1) is 0 Å². The van der Waals surface area contributed by atoms with E-state index in [1.54, 1.807) is 23.1 Å². The number of aliphatic hydroxyl groups is 1. The van der Waals surface area contributed by atoms with Crippen molar-refractivity contribution in [1.82, 2.24) is 4.98 Å². The van der Waals surface area contributed by atoms with Crippen molar-refractivity contribution in [3.8, 4) is 5.75 Å². The van der Waals surface area contributed by atoms with Crippen molar-refractivity contribution < 1.29 is 9.84 Å². The van der Waals surface area contributed by atoms with E-state index in [0.29, 0.717) is 12.4 Å². The van der Waals surface area contributed by atoms with Gasteiger partial charge in [-0.2, -0.15) is 11.8 Å². The summed E-state index contributed by atoms with van der Waals surface area (Å²) in [4.78, 5) is 4.59. The minimum absolute atomic E-state index is 0.435. The number of para-hydroxylation sites is 1. The number of thiazole rings is 1. The number of aromatic nitrogens is 1. The minimum Gasteiger partial charge on any atom is -0.486 e. The second-order valence-corrected chi connectivity index (χ2v) is 7.25. The first-order valence-corrected chi connectivity index (χ1v) is 9.76. The van der Waals surface area contributed by atoms with Crippen molar-refractivity contribution in [2.75, 3.05) is 5.75 Å². The highest BCUT2D eigenvalue weighted by Crippen LogP contribution is 2.22. The first-order chi connectivity index (χ1) is 11.8. The van der Waals surface area contributed by atoms with Crippen LogP contribution < -0.4 is 4.74 Å². The Hall–Kier alpha value is -1.82. The van der Waals surface area contributed by atoms with Gasteiger partial charge in [0, 0.05) is 16.9 Å². The zero-order chi connectivity index (χ0) is 16.6. The predicted octanol–water partition coefficient (Wildman–Crippen LogP) is 4.69. The average molecular weight is 358 g/mol. The van der Waals surface area contributed by atoms with E-state index in [-0.39, 0.29) is 0 Å². The molecule has 1 N–H and O–H groups in total. The van der Waals surface area contributed by atoms with Crippen LogP contribution >= 0.6 is 23.1 Å². The van der Waals surface area contributed by atoms with Gasteiger partial charge in [0.25, 0.3) is 0 Å². The Bertz CT molecular complexity index is 731. The molecular weight excluding hydrogens is 338 g/mol. The molecule has 3 nitrogen and oxygen atoms in total. The number of hydrogen-bond acceptors (Lipinski definition) is 5.